The van der Waals surface area contributed by atoms with Crippen LogP contribution in [0.4, 0.5) is 4.79 Å². The van der Waals surface area contributed by atoms with Crippen molar-refractivity contribution in [3.63, 3.8) is 0 Å². The molecule has 354 valence electrons. The van der Waals surface area contributed by atoms with Gasteiger partial charge >= 0.3 is 12.1 Å². The van der Waals surface area contributed by atoms with Gasteiger partial charge in [0, 0.05) is 30.4 Å². The summed E-state index contributed by atoms with van der Waals surface area (Å²) in [5, 5.41) is 28.9. The van der Waals surface area contributed by atoms with Gasteiger partial charge in [-0.1, -0.05) is 121 Å². The molecule has 0 aliphatic heterocycles. The molecule has 0 saturated carbocycles. The van der Waals surface area contributed by atoms with E-state index in [-0.39, 0.29) is 24.3 Å². The van der Waals surface area contributed by atoms with Crippen molar-refractivity contribution in [3.05, 3.63) is 172 Å². The van der Waals surface area contributed by atoms with Gasteiger partial charge in [-0.3, -0.25) is 14.4 Å². The van der Waals surface area contributed by atoms with Crippen LogP contribution in [-0.4, -0.2) is 92.2 Å². The lowest BCUT2D eigenvalue weighted by Crippen LogP contribution is -2.61. The highest BCUT2D eigenvalue weighted by atomic mass is 32.2. The molecular weight excluding hydrogens is 885 g/mol. The molecule has 0 radical (unpaired) electrons. The second-order valence-electron chi connectivity index (χ2n) is 18.2. The SMILES string of the molecule is Cc1cc(O)cc(C)c1C[C@H](NC(=O)OC(C)(C)C)C(=O)N[C@@H](CSC(c1ccccc1)(c1ccccc1)c1ccccc1)C(=O)N(C)[C@@H](Cc1ccccc1)C(=O)N[C@@H](C(=O)O)C(C)(C)S. The summed E-state index contributed by atoms with van der Waals surface area (Å²) in [5.74, 6) is -3.39. The molecule has 5 aromatic carbocycles. The van der Waals surface area contributed by atoms with Crippen LogP contribution in [0.25, 0.3) is 0 Å². The van der Waals surface area contributed by atoms with Crippen LogP contribution in [0.2, 0.25) is 0 Å². The predicted octanol–water partition coefficient (Wildman–Crippen LogP) is 8.00. The lowest BCUT2D eigenvalue weighted by Gasteiger charge is -2.38. The maximum Gasteiger partial charge on any atom is 0.408 e. The molecule has 0 aliphatic rings. The van der Waals surface area contributed by atoms with E-state index in [1.807, 2.05) is 97.1 Å². The first-order valence-electron chi connectivity index (χ1n) is 22.1. The maximum absolute atomic E-state index is 15.4. The summed E-state index contributed by atoms with van der Waals surface area (Å²) in [4.78, 5) is 72.0. The monoisotopic (exact) mass is 946 g/mol. The minimum Gasteiger partial charge on any atom is -0.508 e. The van der Waals surface area contributed by atoms with Crippen LogP contribution in [-0.2, 0) is 41.5 Å². The number of thioether (sulfide) groups is 1. The maximum atomic E-state index is 15.4. The number of phenols is 1. The minimum atomic E-state index is -1.43. The highest BCUT2D eigenvalue weighted by molar-refractivity contribution is 8.00. The van der Waals surface area contributed by atoms with E-state index in [9.17, 15) is 29.4 Å². The quantitative estimate of drug-likeness (QED) is 0.0354. The fourth-order valence-corrected chi connectivity index (χ4v) is 9.73. The van der Waals surface area contributed by atoms with E-state index in [1.165, 1.54) is 23.7 Å². The molecule has 5 rings (SSSR count). The zero-order chi connectivity index (χ0) is 49.1. The van der Waals surface area contributed by atoms with Crippen LogP contribution in [0.15, 0.2) is 133 Å². The second-order valence-corrected chi connectivity index (χ2v) is 20.6. The molecule has 0 aromatic heterocycles. The van der Waals surface area contributed by atoms with Crippen molar-refractivity contribution in [1.29, 1.82) is 0 Å². The van der Waals surface area contributed by atoms with Crippen molar-refractivity contribution in [3.8, 4) is 5.75 Å². The van der Waals surface area contributed by atoms with E-state index in [0.29, 0.717) is 22.3 Å². The van der Waals surface area contributed by atoms with E-state index in [0.717, 1.165) is 16.7 Å². The number of nitrogens with one attached hydrogen (secondary N) is 3. The number of carboxylic acids is 1. The van der Waals surface area contributed by atoms with Gasteiger partial charge in [0.15, 0.2) is 0 Å². The normalized spacial score (nSPS) is 13.6. The van der Waals surface area contributed by atoms with Crippen molar-refractivity contribution in [2.24, 2.45) is 0 Å². The van der Waals surface area contributed by atoms with Crippen LogP contribution in [0.1, 0.15) is 73.6 Å². The van der Waals surface area contributed by atoms with E-state index < -0.39 is 69.0 Å². The van der Waals surface area contributed by atoms with Gasteiger partial charge < -0.3 is 35.8 Å². The number of thiol groups is 1. The number of carbonyl (C=O) groups is 5. The van der Waals surface area contributed by atoms with E-state index in [4.69, 9.17) is 4.74 Å². The first-order valence-corrected chi connectivity index (χ1v) is 23.5. The molecule has 0 saturated heterocycles. The molecule has 5 N–H and O–H groups in total. The third-order valence-electron chi connectivity index (χ3n) is 11.3. The number of aromatic hydroxyl groups is 1. The summed E-state index contributed by atoms with van der Waals surface area (Å²) in [7, 11) is 1.46. The molecule has 4 atom stereocenters. The summed E-state index contributed by atoms with van der Waals surface area (Å²) in [6, 6.07) is 36.4. The van der Waals surface area contributed by atoms with Crippen molar-refractivity contribution < 1.29 is 38.9 Å². The Bertz CT molecular complexity index is 2360. The van der Waals surface area contributed by atoms with Gasteiger partial charge in [0.1, 0.15) is 35.5 Å². The number of nitrogens with zero attached hydrogens (tertiary/aromatic N) is 1. The molecular formula is C53H62N4O8S2. The van der Waals surface area contributed by atoms with Crippen LogP contribution >= 0.6 is 24.4 Å². The molecule has 0 aliphatic carbocycles. The topological polar surface area (TPSA) is 174 Å². The van der Waals surface area contributed by atoms with E-state index in [2.05, 4.69) is 28.6 Å². The standard InChI is InChI=1S/C53H62N4O8S2/c1-34-29-40(58)30-35(2)41(34)32-42(55-50(64)65-51(3,4)5)46(59)54-43(33-67-53(37-23-15-10-16-24-37,38-25-17-11-18-26-38)39-27-19-12-20-28-39)48(61)57(8)44(31-36-21-13-9-14-22-36)47(60)56-45(49(62)63)52(6,7)66/h9-30,42-45,58,66H,31-33H2,1-8H3,(H,54,59)(H,55,64)(H,56,60)(H,62,63)/t42-,43-,44-,45-/m0/s1. The number of likely N-dealkylation sites (N-methyl/N-ethyl adjacent to an activating group) is 1. The van der Waals surface area contributed by atoms with E-state index in [1.54, 1.807) is 84.9 Å². The van der Waals surface area contributed by atoms with Gasteiger partial charge in [-0.2, -0.15) is 12.6 Å². The smallest absolute Gasteiger partial charge is 0.408 e. The Morgan fingerprint density at radius 2 is 1.13 bits per heavy atom. The molecule has 0 unspecified atom stereocenters. The second kappa shape index (κ2) is 22.5. The van der Waals surface area contributed by atoms with Gasteiger partial charge in [0.25, 0.3) is 0 Å². The molecule has 67 heavy (non-hydrogen) atoms. The van der Waals surface area contributed by atoms with Gasteiger partial charge in [-0.15, -0.1) is 11.8 Å². The Kier molecular flexibility index (Phi) is 17.4. The van der Waals surface area contributed by atoms with Crippen molar-refractivity contribution >= 4 is 54.2 Å². The highest BCUT2D eigenvalue weighted by Gasteiger charge is 2.42. The molecule has 0 fully saturated rings. The number of carboxylic acid groups (broad SMARTS) is 1. The summed E-state index contributed by atoms with van der Waals surface area (Å²) in [5.41, 5.74) is 4.57. The average molecular weight is 947 g/mol. The third-order valence-corrected chi connectivity index (χ3v) is 13.2. The van der Waals surface area contributed by atoms with Gasteiger partial charge in [0.05, 0.1) is 4.75 Å². The fourth-order valence-electron chi connectivity index (χ4n) is 8.00. The lowest BCUT2D eigenvalue weighted by molar-refractivity contribution is -0.145. The summed E-state index contributed by atoms with van der Waals surface area (Å²) in [6.07, 6.45) is -0.872. The Morgan fingerprint density at radius 1 is 0.672 bits per heavy atom. The number of rotatable bonds is 19. The molecule has 0 heterocycles. The number of benzene rings is 5. The number of ether oxygens (including phenoxy) is 1. The van der Waals surface area contributed by atoms with Gasteiger partial charge in [-0.25, -0.2) is 9.59 Å². The number of hydrogen-bond donors (Lipinski definition) is 6. The molecule has 5 aromatic rings. The van der Waals surface area contributed by atoms with E-state index >= 15 is 4.79 Å². The number of alkyl carbamates (subject to hydrolysis) is 1. The molecule has 0 bridgehead atoms. The van der Waals surface area contributed by atoms with Gasteiger partial charge in [-0.05, 0) is 99.5 Å². The zero-order valence-corrected chi connectivity index (χ0v) is 41.0. The highest BCUT2D eigenvalue weighted by Crippen LogP contribution is 2.48. The predicted molar refractivity (Wildman–Crippen MR) is 267 cm³/mol. The van der Waals surface area contributed by atoms with Crippen molar-refractivity contribution in [2.45, 2.75) is 101 Å². The minimum absolute atomic E-state index is 0.00623. The van der Waals surface area contributed by atoms with Crippen molar-refractivity contribution in [2.75, 3.05) is 12.8 Å². The Balaban J connectivity index is 1.65. The number of hydrogen-bond acceptors (Lipinski definition) is 9. The first kappa shape index (κ1) is 51.7. The van der Waals surface area contributed by atoms with Crippen LogP contribution in [0.3, 0.4) is 0 Å². The van der Waals surface area contributed by atoms with Gasteiger partial charge in [0.2, 0.25) is 17.7 Å². The number of aliphatic carboxylic acids is 1. The average Bonchev–Trinajstić information content (AvgIpc) is 3.27. The van der Waals surface area contributed by atoms with Crippen LogP contribution in [0.5, 0.6) is 5.75 Å². The number of phenolic OH excluding ortho intramolecular Hbond substituents is 1. The Labute approximate surface area is 403 Å². The fraction of sp³-hybridized carbons (Fsp3) is 0.340. The number of aryl methyl sites for hydroxylation is 2. The Hall–Kier alpha value is -6.25. The van der Waals surface area contributed by atoms with Crippen molar-refractivity contribution in [1.82, 2.24) is 20.9 Å². The molecule has 4 amide bonds. The third kappa shape index (κ3) is 13.7. The molecule has 12 nitrogen and oxygen atoms in total. The molecule has 14 heteroatoms. The Morgan fingerprint density at radius 3 is 1.57 bits per heavy atom. The first-order chi connectivity index (χ1) is 31.6. The summed E-state index contributed by atoms with van der Waals surface area (Å²) < 4.78 is 3.49. The lowest BCUT2D eigenvalue weighted by atomic mass is 9.84. The van der Waals surface area contributed by atoms with Crippen LogP contribution < -0.4 is 16.0 Å². The zero-order valence-electron chi connectivity index (χ0n) is 39.3. The largest absolute Gasteiger partial charge is 0.508 e. The van der Waals surface area contributed by atoms with Crippen LogP contribution in [0, 0.1) is 13.8 Å². The number of carbonyl (C=O) groups excluding carboxylic acids is 4. The number of amides is 4. The summed E-state index contributed by atoms with van der Waals surface area (Å²) in [6.45, 7) is 11.8. The molecule has 0 spiro atoms. The summed E-state index contributed by atoms with van der Waals surface area (Å²) >= 11 is 5.90.